The predicted molar refractivity (Wildman–Crippen MR) is 86.2 cm³/mol. The van der Waals surface area contributed by atoms with Crippen LogP contribution in [0.4, 0.5) is 5.69 Å². The standard InChI is InChI=1S/C14H23NO3S.Na.H/c16-19(17,18)13-9-4-2-1-3-8-12-15-14-10-6-5-7-11-14;;/h5-7,10-11,15H,1-4,8-9,12-13H2,(H,16,17,18);;. The number of para-hydroxylation sites is 1. The van der Waals surface area contributed by atoms with E-state index in [1.165, 1.54) is 0 Å². The molecule has 6 heteroatoms. The van der Waals surface area contributed by atoms with Gasteiger partial charge in [-0.2, -0.15) is 8.42 Å². The summed E-state index contributed by atoms with van der Waals surface area (Å²) >= 11 is 0. The van der Waals surface area contributed by atoms with Gasteiger partial charge in [0.2, 0.25) is 0 Å². The molecule has 0 amide bonds. The molecule has 0 aliphatic carbocycles. The number of hydrogen-bond donors (Lipinski definition) is 2. The second kappa shape index (κ2) is 11.6. The van der Waals surface area contributed by atoms with Gasteiger partial charge in [-0.05, 0) is 25.0 Å². The maximum absolute atomic E-state index is 10.5. The summed E-state index contributed by atoms with van der Waals surface area (Å²) in [5.41, 5.74) is 1.15. The second-order valence-electron chi connectivity index (χ2n) is 4.70. The third kappa shape index (κ3) is 11.7. The molecule has 0 spiro atoms. The molecule has 20 heavy (non-hydrogen) atoms. The average molecular weight is 309 g/mol. The summed E-state index contributed by atoms with van der Waals surface area (Å²) in [6.45, 7) is 0.967. The molecule has 0 unspecified atom stereocenters. The Labute approximate surface area is 144 Å². The average Bonchev–Trinajstić information content (AvgIpc) is 2.37. The topological polar surface area (TPSA) is 66.4 Å². The first-order chi connectivity index (χ1) is 9.08. The molecule has 0 aromatic heterocycles. The zero-order valence-electron chi connectivity index (χ0n) is 11.2. The van der Waals surface area contributed by atoms with Crippen LogP contribution in [0.2, 0.25) is 0 Å². The molecule has 0 saturated heterocycles. The Bertz CT molecular complexity index is 437. The second-order valence-corrected chi connectivity index (χ2v) is 6.27. The van der Waals surface area contributed by atoms with Crippen molar-refractivity contribution in [3.05, 3.63) is 30.3 Å². The van der Waals surface area contributed by atoms with Crippen molar-refractivity contribution in [1.29, 1.82) is 0 Å². The van der Waals surface area contributed by atoms with Gasteiger partial charge in [-0.1, -0.05) is 43.9 Å². The van der Waals surface area contributed by atoms with E-state index in [4.69, 9.17) is 4.55 Å². The van der Waals surface area contributed by atoms with Crippen molar-refractivity contribution in [2.75, 3.05) is 17.6 Å². The summed E-state index contributed by atoms with van der Waals surface area (Å²) in [6.07, 6.45) is 5.83. The molecular formula is C14H24NNaO3S. The fraction of sp³-hybridized carbons (Fsp3) is 0.571. The summed E-state index contributed by atoms with van der Waals surface area (Å²) in [4.78, 5) is 0. The molecule has 0 heterocycles. The van der Waals surface area contributed by atoms with Gasteiger partial charge in [0.1, 0.15) is 0 Å². The van der Waals surface area contributed by atoms with Crippen molar-refractivity contribution in [3.63, 3.8) is 0 Å². The molecule has 0 saturated carbocycles. The molecule has 0 aliphatic heterocycles. The van der Waals surface area contributed by atoms with E-state index < -0.39 is 10.1 Å². The third-order valence-electron chi connectivity index (χ3n) is 2.93. The summed E-state index contributed by atoms with van der Waals surface area (Å²) in [5.74, 6) is -0.109. The van der Waals surface area contributed by atoms with Gasteiger partial charge in [0.25, 0.3) is 10.1 Å². The minimum atomic E-state index is -3.77. The molecule has 1 aromatic carbocycles. The van der Waals surface area contributed by atoms with Gasteiger partial charge in [0, 0.05) is 12.2 Å². The van der Waals surface area contributed by atoms with Gasteiger partial charge in [0.15, 0.2) is 0 Å². The van der Waals surface area contributed by atoms with E-state index in [2.05, 4.69) is 17.4 Å². The van der Waals surface area contributed by atoms with Crippen LogP contribution in [0.25, 0.3) is 0 Å². The van der Waals surface area contributed by atoms with Gasteiger partial charge in [-0.3, -0.25) is 4.55 Å². The molecule has 2 N–H and O–H groups in total. The first-order valence-electron chi connectivity index (χ1n) is 6.82. The quantitative estimate of drug-likeness (QED) is 0.396. The normalized spacial score (nSPS) is 10.8. The summed E-state index contributed by atoms with van der Waals surface area (Å²) in [7, 11) is -3.77. The van der Waals surface area contributed by atoms with Crippen molar-refractivity contribution in [1.82, 2.24) is 0 Å². The molecule has 0 aliphatic rings. The van der Waals surface area contributed by atoms with Crippen LogP contribution in [0.5, 0.6) is 0 Å². The molecule has 1 aromatic rings. The zero-order valence-corrected chi connectivity index (χ0v) is 12.0. The molecule has 0 bridgehead atoms. The van der Waals surface area contributed by atoms with E-state index in [1.807, 2.05) is 18.2 Å². The molecule has 4 nitrogen and oxygen atoms in total. The van der Waals surface area contributed by atoms with Gasteiger partial charge < -0.3 is 5.32 Å². The van der Waals surface area contributed by atoms with Crippen molar-refractivity contribution in [2.24, 2.45) is 0 Å². The Kier molecular flexibility index (Phi) is 11.5. The number of nitrogens with one attached hydrogen (secondary N) is 1. The van der Waals surface area contributed by atoms with Crippen LogP contribution in [0.15, 0.2) is 30.3 Å². The van der Waals surface area contributed by atoms with Gasteiger partial charge in [-0.25, -0.2) is 0 Å². The van der Waals surface area contributed by atoms with Gasteiger partial charge in [-0.15, -0.1) is 0 Å². The number of unbranched alkanes of at least 4 members (excludes halogenated alkanes) is 5. The maximum atomic E-state index is 10.5. The van der Waals surface area contributed by atoms with Crippen LogP contribution >= 0.6 is 0 Å². The van der Waals surface area contributed by atoms with E-state index >= 15 is 0 Å². The summed E-state index contributed by atoms with van der Waals surface area (Å²) in [5, 5.41) is 3.35. The van der Waals surface area contributed by atoms with Gasteiger partial charge in [0.05, 0.1) is 5.75 Å². The summed E-state index contributed by atoms with van der Waals surface area (Å²) in [6, 6.07) is 10.1. The minimum absolute atomic E-state index is 0. The van der Waals surface area contributed by atoms with Crippen LogP contribution in [0, 0.1) is 0 Å². The Hall–Kier alpha value is -0.0700. The van der Waals surface area contributed by atoms with Crippen LogP contribution < -0.4 is 5.32 Å². The Morgan fingerprint density at radius 1 is 0.900 bits per heavy atom. The fourth-order valence-corrected chi connectivity index (χ4v) is 2.47. The van der Waals surface area contributed by atoms with Crippen molar-refractivity contribution >= 4 is 45.4 Å². The third-order valence-corrected chi connectivity index (χ3v) is 3.74. The zero-order chi connectivity index (χ0) is 14.0. The van der Waals surface area contributed by atoms with Crippen molar-refractivity contribution in [3.8, 4) is 0 Å². The predicted octanol–water partition coefficient (Wildman–Crippen LogP) is 2.68. The van der Waals surface area contributed by atoms with E-state index in [1.54, 1.807) is 0 Å². The monoisotopic (exact) mass is 309 g/mol. The van der Waals surface area contributed by atoms with Crippen molar-refractivity contribution < 1.29 is 13.0 Å². The van der Waals surface area contributed by atoms with E-state index in [9.17, 15) is 8.42 Å². The van der Waals surface area contributed by atoms with Crippen LogP contribution in [0.1, 0.15) is 38.5 Å². The number of benzene rings is 1. The molecular weight excluding hydrogens is 285 g/mol. The number of hydrogen-bond acceptors (Lipinski definition) is 3. The molecule has 0 fully saturated rings. The molecule has 1 rings (SSSR count). The van der Waals surface area contributed by atoms with Crippen molar-refractivity contribution in [2.45, 2.75) is 38.5 Å². The van der Waals surface area contributed by atoms with Crippen LogP contribution in [-0.4, -0.2) is 54.8 Å². The summed E-state index contributed by atoms with van der Waals surface area (Å²) < 4.78 is 29.5. The van der Waals surface area contributed by atoms with Gasteiger partial charge >= 0.3 is 29.6 Å². The first kappa shape index (κ1) is 19.9. The van der Waals surface area contributed by atoms with E-state index in [0.29, 0.717) is 6.42 Å². The van der Waals surface area contributed by atoms with Crippen LogP contribution in [0.3, 0.4) is 0 Å². The molecule has 110 valence electrons. The first-order valence-corrected chi connectivity index (χ1v) is 8.43. The Morgan fingerprint density at radius 2 is 1.45 bits per heavy atom. The Balaban J connectivity index is 0.00000361. The molecule has 0 atom stereocenters. The van der Waals surface area contributed by atoms with E-state index in [0.717, 1.165) is 44.3 Å². The number of rotatable bonds is 10. The Morgan fingerprint density at radius 3 is 2.05 bits per heavy atom. The molecule has 0 radical (unpaired) electrons. The van der Waals surface area contributed by atoms with E-state index in [-0.39, 0.29) is 35.3 Å². The fourth-order valence-electron chi connectivity index (χ4n) is 1.91. The SMILES string of the molecule is O=S(=O)(O)CCCCCCCCNc1ccccc1.[NaH]. The van der Waals surface area contributed by atoms with Crippen LogP contribution in [-0.2, 0) is 10.1 Å². The number of anilines is 1.